The summed E-state index contributed by atoms with van der Waals surface area (Å²) in [5.41, 5.74) is 8.27. The van der Waals surface area contributed by atoms with Gasteiger partial charge in [0.05, 0.1) is 10.4 Å². The van der Waals surface area contributed by atoms with Gasteiger partial charge < -0.3 is 0 Å². The topological polar surface area (TPSA) is 32.7 Å². The molecule has 0 radical (unpaired) electrons. The van der Waals surface area contributed by atoms with Crippen molar-refractivity contribution < 1.29 is 4.79 Å². The average Bonchev–Trinajstić information content (AvgIpc) is 3.42. The Labute approximate surface area is 220 Å². The summed E-state index contributed by atoms with van der Waals surface area (Å²) in [6.07, 6.45) is 0. The first kappa shape index (κ1) is 23.1. The van der Waals surface area contributed by atoms with Gasteiger partial charge in [-0.1, -0.05) is 126 Å². The molecule has 36 heavy (non-hydrogen) atoms. The molecule has 2 aliphatic heterocycles. The van der Waals surface area contributed by atoms with Crippen LogP contribution in [-0.2, 0) is 13.7 Å². The second-order valence-electron chi connectivity index (χ2n) is 9.36. The number of hydrazone groups is 1. The summed E-state index contributed by atoms with van der Waals surface area (Å²) in [6.45, 7) is 5.90. The maximum Gasteiger partial charge on any atom is 0.187 e. The van der Waals surface area contributed by atoms with Crippen molar-refractivity contribution in [1.82, 2.24) is 0 Å². The lowest BCUT2D eigenvalue weighted by molar-refractivity contribution is -0.110. The van der Waals surface area contributed by atoms with Crippen LogP contribution in [-0.4, -0.2) is 10.8 Å². The number of ketones is 1. The largest absolute Gasteiger partial charge is 0.292 e. The average molecular weight is 507 g/mol. The lowest BCUT2D eigenvalue weighted by Crippen LogP contribution is -2.34. The molecular formula is C31H26N2OS2. The van der Waals surface area contributed by atoms with Crippen molar-refractivity contribution in [3.8, 4) is 0 Å². The maximum absolute atomic E-state index is 12.7. The van der Waals surface area contributed by atoms with Crippen LogP contribution in [0.25, 0.3) is 0 Å². The van der Waals surface area contributed by atoms with Crippen molar-refractivity contribution in [2.24, 2.45) is 5.10 Å². The highest BCUT2D eigenvalue weighted by Gasteiger charge is 2.61. The minimum Gasteiger partial charge on any atom is -0.292 e. The minimum atomic E-state index is -0.632. The Morgan fingerprint density at radius 2 is 1.33 bits per heavy atom. The first-order valence-electron chi connectivity index (χ1n) is 12.0. The number of fused-ring (bicyclic) bond motifs is 2. The van der Waals surface area contributed by atoms with E-state index in [2.05, 4.69) is 104 Å². The normalized spacial score (nSPS) is 19.9. The third-order valence-electron chi connectivity index (χ3n) is 6.79. The molecule has 6 rings (SSSR count). The summed E-state index contributed by atoms with van der Waals surface area (Å²) in [5, 5.41) is 7.52. The quantitative estimate of drug-likeness (QED) is 0.285. The number of thioether (sulfide) groups is 2. The molecule has 0 bridgehead atoms. The van der Waals surface area contributed by atoms with Crippen LogP contribution < -0.4 is 5.01 Å². The standard InChI is InChI=1S/C31H26N2OS2/c1-21-11-9-13-24(19-21)30(25-14-10-12-22(2)20-25)27-17-7-8-18-28(27)31(36-30)33(26-15-5-4-6-16-26)32-29(35-31)23(3)34/h4-20H,1-3H3/t31-/m0/s1. The van der Waals surface area contributed by atoms with Crippen LogP contribution in [0.4, 0.5) is 5.69 Å². The Morgan fingerprint density at radius 3 is 1.92 bits per heavy atom. The molecule has 178 valence electrons. The third-order valence-corrected chi connectivity index (χ3v) is 10.2. The number of aryl methyl sites for hydroxylation is 2. The lowest BCUT2D eigenvalue weighted by Gasteiger charge is -2.37. The molecule has 0 saturated heterocycles. The van der Waals surface area contributed by atoms with Crippen LogP contribution in [0.1, 0.15) is 40.3 Å². The molecule has 0 unspecified atom stereocenters. The molecule has 4 aromatic carbocycles. The zero-order chi connectivity index (χ0) is 24.9. The molecule has 1 atom stereocenters. The Kier molecular flexibility index (Phi) is 5.58. The van der Waals surface area contributed by atoms with E-state index in [9.17, 15) is 4.79 Å². The molecule has 0 aromatic heterocycles. The van der Waals surface area contributed by atoms with Crippen LogP contribution in [0.5, 0.6) is 0 Å². The predicted molar refractivity (Wildman–Crippen MR) is 153 cm³/mol. The van der Waals surface area contributed by atoms with Gasteiger partial charge in [0.1, 0.15) is 0 Å². The van der Waals surface area contributed by atoms with E-state index in [-0.39, 0.29) is 5.78 Å². The Bertz CT molecular complexity index is 1470. The number of benzene rings is 4. The van der Waals surface area contributed by atoms with Gasteiger partial charge in [-0.2, -0.15) is 5.10 Å². The second kappa shape index (κ2) is 8.68. The van der Waals surface area contributed by atoms with Gasteiger partial charge in [0.25, 0.3) is 0 Å². The molecular weight excluding hydrogens is 480 g/mol. The number of anilines is 1. The molecule has 0 amide bonds. The SMILES string of the molecule is CC(=O)C1=NN(c2ccccc2)[C@@]2(S1)SC(c1cccc(C)c1)(c1cccc(C)c1)c1ccccc12. The van der Waals surface area contributed by atoms with Crippen molar-refractivity contribution in [2.45, 2.75) is 29.7 Å². The molecule has 0 saturated carbocycles. The summed E-state index contributed by atoms with van der Waals surface area (Å²) < 4.78 is -1.11. The maximum atomic E-state index is 12.7. The van der Waals surface area contributed by atoms with Crippen LogP contribution >= 0.6 is 23.5 Å². The van der Waals surface area contributed by atoms with Crippen LogP contribution in [0.3, 0.4) is 0 Å². The van der Waals surface area contributed by atoms with Gasteiger partial charge in [0, 0.05) is 12.5 Å². The number of carbonyl (C=O) groups is 1. The summed E-state index contributed by atoms with van der Waals surface area (Å²) >= 11 is 3.43. The summed E-state index contributed by atoms with van der Waals surface area (Å²) in [6, 6.07) is 36.5. The van der Waals surface area contributed by atoms with E-state index in [1.54, 1.807) is 18.7 Å². The minimum absolute atomic E-state index is 0.0144. The van der Waals surface area contributed by atoms with Crippen molar-refractivity contribution >= 4 is 40.0 Å². The molecule has 1 spiro atoms. The summed E-state index contributed by atoms with van der Waals surface area (Å²) in [5.74, 6) is -0.0144. The molecule has 4 aromatic rings. The van der Waals surface area contributed by atoms with E-state index in [0.717, 1.165) is 5.69 Å². The monoisotopic (exact) mass is 506 g/mol. The Balaban J connectivity index is 1.67. The number of Topliss-reactive ketones (excluding diaryl/α,β-unsaturated/α-hetero) is 1. The zero-order valence-corrected chi connectivity index (χ0v) is 22.1. The molecule has 0 fully saturated rings. The third kappa shape index (κ3) is 3.45. The summed E-state index contributed by atoms with van der Waals surface area (Å²) in [4.78, 5) is 12.7. The van der Waals surface area contributed by atoms with Crippen molar-refractivity contribution in [2.75, 3.05) is 5.01 Å². The number of para-hydroxylation sites is 1. The number of carbonyl (C=O) groups excluding carboxylic acids is 1. The number of rotatable bonds is 4. The lowest BCUT2D eigenvalue weighted by atomic mass is 9.81. The van der Waals surface area contributed by atoms with Crippen molar-refractivity contribution in [3.63, 3.8) is 0 Å². The highest BCUT2D eigenvalue weighted by molar-refractivity contribution is 8.27. The predicted octanol–water partition coefficient (Wildman–Crippen LogP) is 7.61. The van der Waals surface area contributed by atoms with E-state index in [0.29, 0.717) is 5.04 Å². The van der Waals surface area contributed by atoms with Gasteiger partial charge >= 0.3 is 0 Å². The van der Waals surface area contributed by atoms with Crippen LogP contribution in [0.2, 0.25) is 0 Å². The fraction of sp³-hybridized carbons (Fsp3) is 0.161. The first-order chi connectivity index (χ1) is 17.4. The number of hydrogen-bond donors (Lipinski definition) is 0. The molecule has 0 aliphatic carbocycles. The second-order valence-corrected chi connectivity index (χ2v) is 12.2. The smallest absolute Gasteiger partial charge is 0.187 e. The van der Waals surface area contributed by atoms with Crippen molar-refractivity contribution in [1.29, 1.82) is 0 Å². The van der Waals surface area contributed by atoms with E-state index in [1.807, 2.05) is 30.0 Å². The molecule has 2 aliphatic rings. The van der Waals surface area contributed by atoms with Gasteiger partial charge in [-0.25, -0.2) is 5.01 Å². The molecule has 5 heteroatoms. The van der Waals surface area contributed by atoms with Crippen LogP contribution in [0.15, 0.2) is 108 Å². The summed E-state index contributed by atoms with van der Waals surface area (Å²) in [7, 11) is 0. The van der Waals surface area contributed by atoms with E-state index >= 15 is 0 Å². The molecule has 2 heterocycles. The van der Waals surface area contributed by atoms with Gasteiger partial charge in [-0.15, -0.1) is 0 Å². The van der Waals surface area contributed by atoms with Gasteiger partial charge in [0.2, 0.25) is 0 Å². The van der Waals surface area contributed by atoms with E-state index < -0.39 is 8.95 Å². The molecule has 3 nitrogen and oxygen atoms in total. The van der Waals surface area contributed by atoms with Crippen molar-refractivity contribution in [3.05, 3.63) is 137 Å². The zero-order valence-electron chi connectivity index (χ0n) is 20.4. The van der Waals surface area contributed by atoms with Crippen LogP contribution in [0, 0.1) is 13.8 Å². The highest BCUT2D eigenvalue weighted by atomic mass is 32.2. The fourth-order valence-corrected chi connectivity index (χ4v) is 8.77. The molecule has 0 N–H and O–H groups in total. The Hall–Kier alpha value is -3.28. The van der Waals surface area contributed by atoms with E-state index in [1.165, 1.54) is 33.4 Å². The van der Waals surface area contributed by atoms with E-state index in [4.69, 9.17) is 5.10 Å². The number of nitrogens with zero attached hydrogens (tertiary/aromatic N) is 2. The fourth-order valence-electron chi connectivity index (χ4n) is 5.23. The van der Waals surface area contributed by atoms with Gasteiger partial charge in [-0.05, 0) is 42.7 Å². The van der Waals surface area contributed by atoms with Gasteiger partial charge in [-0.3, -0.25) is 4.79 Å². The highest BCUT2D eigenvalue weighted by Crippen LogP contribution is 2.70. The Morgan fingerprint density at radius 1 is 0.750 bits per heavy atom. The number of hydrogen-bond acceptors (Lipinski definition) is 5. The van der Waals surface area contributed by atoms with Gasteiger partial charge in [0.15, 0.2) is 15.0 Å². The first-order valence-corrected chi connectivity index (χ1v) is 13.7.